The summed E-state index contributed by atoms with van der Waals surface area (Å²) in [4.78, 5) is 30.6. The van der Waals surface area contributed by atoms with E-state index in [0.717, 1.165) is 25.8 Å². The average molecular weight is 301 g/mol. The van der Waals surface area contributed by atoms with Crippen molar-refractivity contribution in [3.05, 3.63) is 23.4 Å². The van der Waals surface area contributed by atoms with E-state index in [9.17, 15) is 14.7 Å². The monoisotopic (exact) mass is 301 g/mol. The zero-order valence-corrected chi connectivity index (χ0v) is 12.3. The number of nitrogens with one attached hydrogen (secondary N) is 1. The van der Waals surface area contributed by atoms with Gasteiger partial charge in [0.25, 0.3) is 5.91 Å². The largest absolute Gasteiger partial charge is 0.396 e. The molecule has 22 heavy (non-hydrogen) atoms. The van der Waals surface area contributed by atoms with Gasteiger partial charge in [-0.25, -0.2) is 4.98 Å². The third-order valence-electron chi connectivity index (χ3n) is 5.28. The molecule has 3 unspecified atom stereocenters. The Kier molecular flexibility index (Phi) is 3.14. The molecule has 1 aliphatic carbocycles. The fraction of sp³-hybridized carbons (Fsp3) is 0.562. The molecule has 4 aliphatic rings. The lowest BCUT2D eigenvalue weighted by molar-refractivity contribution is -0.115. The van der Waals surface area contributed by atoms with Crippen molar-refractivity contribution in [1.29, 1.82) is 0 Å². The standard InChI is InChI=1S/C16H19N3O3/c20-8-10-5-9-1-2-13(10)19(7-9)16(22)11-3-4-17-15-12(11)6-14(21)18-15/h3-4,9-10,13,20H,1-2,5-8H2,(H,17,18,21). The van der Waals surface area contributed by atoms with E-state index in [-0.39, 0.29) is 36.8 Å². The molecule has 4 heterocycles. The summed E-state index contributed by atoms with van der Waals surface area (Å²) >= 11 is 0. The van der Waals surface area contributed by atoms with Crippen LogP contribution in [-0.4, -0.2) is 46.0 Å². The average Bonchev–Trinajstić information content (AvgIpc) is 2.94. The van der Waals surface area contributed by atoms with E-state index in [1.807, 2.05) is 4.90 Å². The summed E-state index contributed by atoms with van der Waals surface area (Å²) in [6.45, 7) is 0.901. The third-order valence-corrected chi connectivity index (χ3v) is 5.28. The van der Waals surface area contributed by atoms with Crippen LogP contribution >= 0.6 is 0 Å². The van der Waals surface area contributed by atoms with Gasteiger partial charge in [0.1, 0.15) is 5.82 Å². The molecule has 3 atom stereocenters. The Balaban J connectivity index is 1.66. The minimum absolute atomic E-state index is 0.0250. The number of carbonyl (C=O) groups excluding carboxylic acids is 2. The van der Waals surface area contributed by atoms with E-state index < -0.39 is 0 Å². The van der Waals surface area contributed by atoms with Crippen LogP contribution in [0.5, 0.6) is 0 Å². The SMILES string of the molecule is O=C1Cc2c(C(=O)N3CC4CCC3C(CO)C4)ccnc2N1. The number of carbonyl (C=O) groups is 2. The van der Waals surface area contributed by atoms with Gasteiger partial charge in [0.15, 0.2) is 0 Å². The number of hydrogen-bond donors (Lipinski definition) is 2. The van der Waals surface area contributed by atoms with Crippen molar-refractivity contribution in [1.82, 2.24) is 9.88 Å². The van der Waals surface area contributed by atoms with Crippen LogP contribution in [0.1, 0.15) is 35.2 Å². The van der Waals surface area contributed by atoms with Gasteiger partial charge in [0.2, 0.25) is 5.91 Å². The molecule has 6 nitrogen and oxygen atoms in total. The van der Waals surface area contributed by atoms with Crippen molar-refractivity contribution in [2.45, 2.75) is 31.7 Å². The number of aromatic nitrogens is 1. The topological polar surface area (TPSA) is 82.5 Å². The molecule has 3 fully saturated rings. The van der Waals surface area contributed by atoms with Crippen LogP contribution in [-0.2, 0) is 11.2 Å². The minimum atomic E-state index is -0.115. The Morgan fingerprint density at radius 1 is 1.45 bits per heavy atom. The first-order valence-corrected chi connectivity index (χ1v) is 7.87. The number of rotatable bonds is 2. The highest BCUT2D eigenvalue weighted by molar-refractivity contribution is 6.04. The molecule has 2 N–H and O–H groups in total. The zero-order valence-electron chi connectivity index (χ0n) is 12.3. The highest BCUT2D eigenvalue weighted by Gasteiger charge is 2.43. The molecular formula is C16H19N3O3. The minimum Gasteiger partial charge on any atom is -0.396 e. The lowest BCUT2D eigenvalue weighted by Gasteiger charge is -2.49. The fourth-order valence-corrected chi connectivity index (χ4v) is 4.24. The van der Waals surface area contributed by atoms with Crippen molar-refractivity contribution in [2.75, 3.05) is 18.5 Å². The normalized spacial score (nSPS) is 29.4. The highest BCUT2D eigenvalue weighted by Crippen LogP contribution is 2.40. The molecule has 1 saturated carbocycles. The van der Waals surface area contributed by atoms with E-state index >= 15 is 0 Å². The lowest BCUT2D eigenvalue weighted by Crippen LogP contribution is -2.56. The number of fused-ring (bicyclic) bond motifs is 4. The number of nitrogens with zero attached hydrogens (tertiary/aromatic N) is 2. The first kappa shape index (κ1) is 13.7. The number of piperidine rings is 2. The lowest BCUT2D eigenvalue weighted by atomic mass is 9.73. The molecule has 116 valence electrons. The first-order chi connectivity index (χ1) is 10.7. The van der Waals surface area contributed by atoms with Gasteiger partial charge < -0.3 is 15.3 Å². The van der Waals surface area contributed by atoms with Crippen LogP contribution in [0.3, 0.4) is 0 Å². The summed E-state index contributed by atoms with van der Waals surface area (Å²) in [6.07, 6.45) is 4.91. The van der Waals surface area contributed by atoms with Crippen LogP contribution in [0.4, 0.5) is 5.82 Å². The van der Waals surface area contributed by atoms with Gasteiger partial charge in [-0.1, -0.05) is 0 Å². The quantitative estimate of drug-likeness (QED) is 0.847. The second kappa shape index (κ2) is 5.05. The summed E-state index contributed by atoms with van der Waals surface area (Å²) in [5, 5.41) is 12.3. The van der Waals surface area contributed by atoms with Gasteiger partial charge in [-0.2, -0.15) is 0 Å². The smallest absolute Gasteiger partial charge is 0.254 e. The maximum Gasteiger partial charge on any atom is 0.254 e. The van der Waals surface area contributed by atoms with Gasteiger partial charge in [-0.3, -0.25) is 9.59 Å². The number of aliphatic hydroxyl groups excluding tert-OH is 1. The molecule has 0 spiro atoms. The predicted molar refractivity (Wildman–Crippen MR) is 79.3 cm³/mol. The Morgan fingerprint density at radius 3 is 3.09 bits per heavy atom. The summed E-state index contributed by atoms with van der Waals surface area (Å²) in [7, 11) is 0. The summed E-state index contributed by atoms with van der Waals surface area (Å²) in [5.41, 5.74) is 1.28. The van der Waals surface area contributed by atoms with Crippen molar-refractivity contribution in [3.8, 4) is 0 Å². The van der Waals surface area contributed by atoms with E-state index in [0.29, 0.717) is 22.9 Å². The molecule has 6 heteroatoms. The summed E-state index contributed by atoms with van der Waals surface area (Å²) in [6, 6.07) is 1.83. The molecule has 5 rings (SSSR count). The summed E-state index contributed by atoms with van der Waals surface area (Å²) in [5.74, 6) is 1.04. The van der Waals surface area contributed by atoms with Crippen LogP contribution in [0.2, 0.25) is 0 Å². The number of hydrogen-bond acceptors (Lipinski definition) is 4. The van der Waals surface area contributed by atoms with Crippen molar-refractivity contribution in [2.24, 2.45) is 11.8 Å². The van der Waals surface area contributed by atoms with E-state index in [4.69, 9.17) is 0 Å². The molecule has 0 aromatic carbocycles. The zero-order chi connectivity index (χ0) is 15.3. The molecule has 2 bridgehead atoms. The molecule has 0 radical (unpaired) electrons. The Labute approximate surface area is 128 Å². The molecule has 1 aromatic rings. The third kappa shape index (κ3) is 2.01. The van der Waals surface area contributed by atoms with Gasteiger partial charge in [-0.15, -0.1) is 0 Å². The van der Waals surface area contributed by atoms with Crippen LogP contribution in [0.25, 0.3) is 0 Å². The first-order valence-electron chi connectivity index (χ1n) is 7.87. The fourth-order valence-electron chi connectivity index (χ4n) is 4.24. The molecule has 3 aliphatic heterocycles. The van der Waals surface area contributed by atoms with Gasteiger partial charge in [-0.05, 0) is 31.2 Å². The van der Waals surface area contributed by atoms with Gasteiger partial charge in [0, 0.05) is 42.4 Å². The van der Waals surface area contributed by atoms with Gasteiger partial charge >= 0.3 is 0 Å². The molecule has 2 amide bonds. The van der Waals surface area contributed by atoms with Crippen molar-refractivity contribution in [3.63, 3.8) is 0 Å². The second-order valence-corrected chi connectivity index (χ2v) is 6.56. The number of anilines is 1. The predicted octanol–water partition coefficient (Wildman–Crippen LogP) is 0.809. The Hall–Kier alpha value is -1.95. The molecule has 2 saturated heterocycles. The Morgan fingerprint density at radius 2 is 2.32 bits per heavy atom. The van der Waals surface area contributed by atoms with E-state index in [1.54, 1.807) is 12.3 Å². The Bertz CT molecular complexity index is 646. The number of aliphatic hydroxyl groups is 1. The summed E-state index contributed by atoms with van der Waals surface area (Å²) < 4.78 is 0. The van der Waals surface area contributed by atoms with E-state index in [1.165, 1.54) is 0 Å². The highest BCUT2D eigenvalue weighted by atomic mass is 16.3. The van der Waals surface area contributed by atoms with E-state index in [2.05, 4.69) is 10.3 Å². The number of amides is 2. The van der Waals surface area contributed by atoms with Crippen molar-refractivity contribution >= 4 is 17.6 Å². The van der Waals surface area contributed by atoms with Crippen LogP contribution in [0, 0.1) is 11.8 Å². The van der Waals surface area contributed by atoms with Gasteiger partial charge in [0.05, 0.1) is 6.42 Å². The molecule has 1 aromatic heterocycles. The van der Waals surface area contributed by atoms with Crippen molar-refractivity contribution < 1.29 is 14.7 Å². The number of pyridine rings is 1. The van der Waals surface area contributed by atoms with Crippen LogP contribution < -0.4 is 5.32 Å². The second-order valence-electron chi connectivity index (χ2n) is 6.56. The van der Waals surface area contributed by atoms with Crippen LogP contribution in [0.15, 0.2) is 12.3 Å². The maximum atomic E-state index is 13.0. The maximum absolute atomic E-state index is 13.0. The molecular weight excluding hydrogens is 282 g/mol.